The molecule has 1 aliphatic heterocycles. The van der Waals surface area contributed by atoms with Crippen molar-refractivity contribution >= 4 is 17.7 Å². The van der Waals surface area contributed by atoms with Gasteiger partial charge in [0.15, 0.2) is 11.0 Å². The summed E-state index contributed by atoms with van der Waals surface area (Å²) in [5, 5.41) is 13.4. The van der Waals surface area contributed by atoms with Gasteiger partial charge in [0, 0.05) is 11.2 Å². The molecule has 5 fully saturated rings. The molecule has 1 saturated heterocycles. The van der Waals surface area contributed by atoms with E-state index in [4.69, 9.17) is 0 Å². The zero-order chi connectivity index (χ0) is 22.3. The Morgan fingerprint density at radius 3 is 2.30 bits per heavy atom. The van der Waals surface area contributed by atoms with Crippen LogP contribution in [0.25, 0.3) is 5.69 Å². The second-order valence-electron chi connectivity index (χ2n) is 10.9. The number of thioether (sulfide) groups is 1. The first-order valence-corrected chi connectivity index (χ1v) is 13.8. The Balaban J connectivity index is 1.15. The molecule has 1 aromatic heterocycles. The third kappa shape index (κ3) is 4.59. The minimum Gasteiger partial charge on any atom is -0.350 e. The van der Waals surface area contributed by atoms with Crippen molar-refractivity contribution in [1.29, 1.82) is 0 Å². The second-order valence-corrected chi connectivity index (χ2v) is 11.9. The van der Waals surface area contributed by atoms with Gasteiger partial charge in [0.2, 0.25) is 5.91 Å². The highest BCUT2D eigenvalue weighted by atomic mass is 32.2. The molecule has 1 N–H and O–H groups in total. The van der Waals surface area contributed by atoms with Crippen molar-refractivity contribution < 1.29 is 4.79 Å². The first-order chi connectivity index (χ1) is 16.2. The van der Waals surface area contributed by atoms with E-state index in [-0.39, 0.29) is 11.4 Å². The Kier molecular flexibility index (Phi) is 5.95. The predicted octanol–water partition coefficient (Wildman–Crippen LogP) is 4.43. The number of nitrogens with zero attached hydrogens (tertiary/aromatic N) is 4. The van der Waals surface area contributed by atoms with Gasteiger partial charge in [-0.3, -0.25) is 14.3 Å². The van der Waals surface area contributed by atoms with Crippen LogP contribution in [0, 0.1) is 17.8 Å². The third-order valence-electron chi connectivity index (χ3n) is 8.30. The predicted molar refractivity (Wildman–Crippen MR) is 130 cm³/mol. The number of likely N-dealkylation sites (tertiary alicyclic amines) is 1. The summed E-state index contributed by atoms with van der Waals surface area (Å²) in [6, 6.07) is 10.3. The van der Waals surface area contributed by atoms with Gasteiger partial charge in [-0.2, -0.15) is 0 Å². The van der Waals surface area contributed by atoms with Gasteiger partial charge >= 0.3 is 0 Å². The normalized spacial score (nSPS) is 31.1. The van der Waals surface area contributed by atoms with E-state index in [1.54, 1.807) is 0 Å². The summed E-state index contributed by atoms with van der Waals surface area (Å²) in [7, 11) is 0. The summed E-state index contributed by atoms with van der Waals surface area (Å²) in [5.74, 6) is 4.03. The van der Waals surface area contributed by atoms with Crippen molar-refractivity contribution in [1.82, 2.24) is 25.0 Å². The fourth-order valence-electron chi connectivity index (χ4n) is 7.38. The number of nitrogens with one attached hydrogen (secondary N) is 1. The fraction of sp³-hybridized carbons (Fsp3) is 0.654. The van der Waals surface area contributed by atoms with Gasteiger partial charge in [-0.25, -0.2) is 0 Å². The first-order valence-electron chi connectivity index (χ1n) is 12.8. The molecule has 176 valence electrons. The van der Waals surface area contributed by atoms with E-state index in [9.17, 15) is 4.79 Å². The zero-order valence-electron chi connectivity index (χ0n) is 19.4. The van der Waals surface area contributed by atoms with E-state index in [1.807, 2.05) is 18.2 Å². The molecule has 4 aliphatic carbocycles. The number of piperidine rings is 1. The SMILES string of the molecule is O=C(CSc1nnc(CN2CCCCC2)n1-c1ccccc1)NC12CC3CC(CC(C3)C1)C2. The lowest BCUT2D eigenvalue weighted by Crippen LogP contribution is -2.60. The quantitative estimate of drug-likeness (QED) is 0.613. The Hall–Kier alpha value is -1.86. The van der Waals surface area contributed by atoms with Crippen molar-refractivity contribution in [2.45, 2.75) is 75.0 Å². The molecule has 4 saturated carbocycles. The molecule has 6 nitrogen and oxygen atoms in total. The Morgan fingerprint density at radius 2 is 1.64 bits per heavy atom. The largest absolute Gasteiger partial charge is 0.350 e. The average molecular weight is 466 g/mol. The van der Waals surface area contributed by atoms with E-state index in [0.29, 0.717) is 5.75 Å². The molecule has 7 heteroatoms. The number of rotatable bonds is 7. The lowest BCUT2D eigenvalue weighted by Gasteiger charge is -2.56. The lowest BCUT2D eigenvalue weighted by molar-refractivity contribution is -0.124. The lowest BCUT2D eigenvalue weighted by atomic mass is 9.53. The molecule has 2 heterocycles. The summed E-state index contributed by atoms with van der Waals surface area (Å²) in [6.07, 6.45) is 11.6. The number of aromatic nitrogens is 3. The van der Waals surface area contributed by atoms with Crippen LogP contribution in [0.1, 0.15) is 63.6 Å². The Bertz CT molecular complexity index is 949. The Labute approximate surface area is 200 Å². The molecule has 1 amide bonds. The molecule has 5 aliphatic rings. The van der Waals surface area contributed by atoms with Crippen LogP contribution in [0.3, 0.4) is 0 Å². The van der Waals surface area contributed by atoms with Gasteiger partial charge < -0.3 is 5.32 Å². The number of para-hydroxylation sites is 1. The van der Waals surface area contributed by atoms with Crippen LogP contribution in [0.5, 0.6) is 0 Å². The van der Waals surface area contributed by atoms with Crippen molar-refractivity contribution in [3.63, 3.8) is 0 Å². The van der Waals surface area contributed by atoms with Crippen LogP contribution >= 0.6 is 11.8 Å². The van der Waals surface area contributed by atoms with Crippen LogP contribution in [0.15, 0.2) is 35.5 Å². The fourth-order valence-corrected chi connectivity index (χ4v) is 8.15. The molecule has 4 bridgehead atoms. The van der Waals surface area contributed by atoms with Crippen molar-refractivity contribution in [2.75, 3.05) is 18.8 Å². The number of carbonyl (C=O) groups is 1. The topological polar surface area (TPSA) is 63.1 Å². The number of carbonyl (C=O) groups excluding carboxylic acids is 1. The molecule has 33 heavy (non-hydrogen) atoms. The first kappa shape index (κ1) is 21.7. The van der Waals surface area contributed by atoms with E-state index >= 15 is 0 Å². The standard InChI is InChI=1S/C26H35N5OS/c32-24(27-26-14-19-11-20(15-26)13-21(12-19)16-26)18-33-25-29-28-23(17-30-9-5-2-6-10-30)31(25)22-7-3-1-4-8-22/h1,3-4,7-8,19-21H,2,5-6,9-18H2,(H,27,32). The summed E-state index contributed by atoms with van der Waals surface area (Å²) in [5.41, 5.74) is 1.14. The van der Waals surface area contributed by atoms with Crippen LogP contribution in [-0.2, 0) is 11.3 Å². The molecule has 0 spiro atoms. The summed E-state index contributed by atoms with van der Waals surface area (Å²) < 4.78 is 2.15. The molecular formula is C26H35N5OS. The maximum Gasteiger partial charge on any atom is 0.230 e. The van der Waals surface area contributed by atoms with Gasteiger partial charge in [0.25, 0.3) is 0 Å². The van der Waals surface area contributed by atoms with Gasteiger partial charge in [-0.05, 0) is 94.3 Å². The minimum atomic E-state index is 0.0684. The van der Waals surface area contributed by atoms with Gasteiger partial charge in [-0.15, -0.1) is 10.2 Å². The average Bonchev–Trinajstić information content (AvgIpc) is 3.20. The van der Waals surface area contributed by atoms with E-state index < -0.39 is 0 Å². The third-order valence-corrected chi connectivity index (χ3v) is 9.23. The van der Waals surface area contributed by atoms with E-state index in [0.717, 1.165) is 54.1 Å². The second kappa shape index (κ2) is 9.06. The Morgan fingerprint density at radius 1 is 0.970 bits per heavy atom. The van der Waals surface area contributed by atoms with Crippen LogP contribution < -0.4 is 5.32 Å². The van der Waals surface area contributed by atoms with Crippen LogP contribution in [0.4, 0.5) is 0 Å². The number of benzene rings is 1. The molecule has 7 rings (SSSR count). The van der Waals surface area contributed by atoms with Crippen LogP contribution in [0.2, 0.25) is 0 Å². The summed E-state index contributed by atoms with van der Waals surface area (Å²) in [6.45, 7) is 3.05. The number of hydrogen-bond donors (Lipinski definition) is 1. The monoisotopic (exact) mass is 465 g/mol. The van der Waals surface area contributed by atoms with Crippen molar-refractivity contribution in [2.24, 2.45) is 17.8 Å². The van der Waals surface area contributed by atoms with Crippen molar-refractivity contribution in [3.8, 4) is 5.69 Å². The number of amides is 1. The van der Waals surface area contributed by atoms with E-state index in [2.05, 4.69) is 37.1 Å². The highest BCUT2D eigenvalue weighted by Gasteiger charge is 2.51. The maximum atomic E-state index is 13.1. The van der Waals surface area contributed by atoms with Gasteiger partial charge in [-0.1, -0.05) is 36.4 Å². The zero-order valence-corrected chi connectivity index (χ0v) is 20.2. The molecule has 2 aromatic rings. The van der Waals surface area contributed by atoms with Gasteiger partial charge in [0.1, 0.15) is 0 Å². The molecule has 0 atom stereocenters. The smallest absolute Gasteiger partial charge is 0.230 e. The van der Waals surface area contributed by atoms with Crippen molar-refractivity contribution in [3.05, 3.63) is 36.2 Å². The molecule has 0 unspecified atom stereocenters. The molecule has 0 radical (unpaired) electrons. The highest BCUT2D eigenvalue weighted by Crippen LogP contribution is 2.55. The summed E-state index contributed by atoms with van der Waals surface area (Å²) >= 11 is 1.52. The highest BCUT2D eigenvalue weighted by molar-refractivity contribution is 7.99. The molecule has 1 aromatic carbocycles. The van der Waals surface area contributed by atoms with Gasteiger partial charge in [0.05, 0.1) is 12.3 Å². The van der Waals surface area contributed by atoms with E-state index in [1.165, 1.54) is 69.5 Å². The minimum absolute atomic E-state index is 0.0684. The number of hydrogen-bond acceptors (Lipinski definition) is 5. The van der Waals surface area contributed by atoms with Crippen LogP contribution in [-0.4, -0.2) is 50.0 Å². The maximum absolute atomic E-state index is 13.1. The summed E-state index contributed by atoms with van der Waals surface area (Å²) in [4.78, 5) is 15.5. The molecular weight excluding hydrogens is 430 g/mol.